The van der Waals surface area contributed by atoms with Crippen molar-refractivity contribution in [1.29, 1.82) is 0 Å². The maximum Gasteiger partial charge on any atom is 0.237 e. The topological polar surface area (TPSA) is 50.2 Å². The molecule has 23 heavy (non-hydrogen) atoms. The van der Waals surface area contributed by atoms with E-state index in [-0.39, 0.29) is 11.9 Å². The van der Waals surface area contributed by atoms with Crippen molar-refractivity contribution in [3.63, 3.8) is 0 Å². The van der Waals surface area contributed by atoms with Gasteiger partial charge >= 0.3 is 0 Å². The minimum atomic E-state index is -0.0773. The summed E-state index contributed by atoms with van der Waals surface area (Å²) in [5.74, 6) is 0.119. The Kier molecular flexibility index (Phi) is 4.82. The predicted octanol–water partition coefficient (Wildman–Crippen LogP) is 2.17. The normalized spacial score (nSPS) is 17.0. The predicted molar refractivity (Wildman–Crippen MR) is 92.8 cm³/mol. The lowest BCUT2D eigenvalue weighted by molar-refractivity contribution is -0.128. The quantitative estimate of drug-likeness (QED) is 0.882. The van der Waals surface area contributed by atoms with Gasteiger partial charge < -0.3 is 5.32 Å². The van der Waals surface area contributed by atoms with Gasteiger partial charge in [0, 0.05) is 30.2 Å². The molecule has 0 aromatic carbocycles. The van der Waals surface area contributed by atoms with Crippen LogP contribution in [0.15, 0.2) is 23.6 Å². The third kappa shape index (κ3) is 3.64. The molecule has 124 valence electrons. The van der Waals surface area contributed by atoms with E-state index in [1.807, 2.05) is 19.9 Å². The summed E-state index contributed by atoms with van der Waals surface area (Å²) in [5.41, 5.74) is 2.25. The molecule has 2 aromatic rings. The highest BCUT2D eigenvalue weighted by Crippen LogP contribution is 2.24. The van der Waals surface area contributed by atoms with Gasteiger partial charge in [-0.15, -0.1) is 11.3 Å². The number of rotatable bonds is 6. The summed E-state index contributed by atoms with van der Waals surface area (Å²) in [7, 11) is 0. The summed E-state index contributed by atoms with van der Waals surface area (Å²) >= 11 is 1.73. The van der Waals surface area contributed by atoms with Crippen LogP contribution in [-0.2, 0) is 11.2 Å². The third-order valence-corrected chi connectivity index (χ3v) is 5.40. The minimum absolute atomic E-state index is 0.0773. The second-order valence-electron chi connectivity index (χ2n) is 6.28. The van der Waals surface area contributed by atoms with Crippen molar-refractivity contribution < 1.29 is 4.79 Å². The van der Waals surface area contributed by atoms with Gasteiger partial charge in [-0.25, -0.2) is 0 Å². The van der Waals surface area contributed by atoms with Gasteiger partial charge in [-0.1, -0.05) is 6.07 Å². The maximum atomic E-state index is 12.2. The fourth-order valence-corrected chi connectivity index (χ4v) is 3.76. The van der Waals surface area contributed by atoms with E-state index in [0.29, 0.717) is 12.6 Å². The molecule has 1 aliphatic rings. The van der Waals surface area contributed by atoms with Crippen molar-refractivity contribution in [3.8, 4) is 0 Å². The Labute approximate surface area is 141 Å². The van der Waals surface area contributed by atoms with Gasteiger partial charge in [-0.2, -0.15) is 5.10 Å². The van der Waals surface area contributed by atoms with E-state index in [1.54, 1.807) is 11.3 Å². The van der Waals surface area contributed by atoms with Gasteiger partial charge in [0.1, 0.15) is 0 Å². The fourth-order valence-electron chi connectivity index (χ4n) is 3.05. The lowest BCUT2D eigenvalue weighted by atomic mass is 10.1. The van der Waals surface area contributed by atoms with Crippen LogP contribution in [0.25, 0.3) is 0 Å². The zero-order chi connectivity index (χ0) is 16.4. The van der Waals surface area contributed by atoms with Crippen LogP contribution in [0.1, 0.15) is 29.2 Å². The molecule has 3 rings (SSSR count). The average molecular weight is 332 g/mol. The van der Waals surface area contributed by atoms with Crippen LogP contribution in [0, 0.1) is 13.8 Å². The number of hydrogen-bond donors (Lipinski definition) is 1. The Hall–Kier alpha value is -1.66. The van der Waals surface area contributed by atoms with Crippen LogP contribution in [0.5, 0.6) is 0 Å². The molecular weight excluding hydrogens is 308 g/mol. The van der Waals surface area contributed by atoms with Crippen molar-refractivity contribution >= 4 is 17.2 Å². The zero-order valence-corrected chi connectivity index (χ0v) is 14.8. The van der Waals surface area contributed by atoms with Gasteiger partial charge in [0.25, 0.3) is 0 Å². The number of carbonyl (C=O) groups is 1. The molecule has 1 amide bonds. The highest BCUT2D eigenvalue weighted by Gasteiger charge is 2.35. The highest BCUT2D eigenvalue weighted by atomic mass is 32.1. The number of hydrogen-bond acceptors (Lipinski definition) is 4. The standard InChI is InChI=1S/C17H24N4OS/c1-12-9-13(2)21(19-12)15-10-20(11-15)14(3)17(22)18-7-6-16-5-4-8-23-16/h4-5,8-9,14-15H,6-7,10-11H2,1-3H3,(H,18,22). The van der Waals surface area contributed by atoms with Crippen LogP contribution >= 0.6 is 11.3 Å². The molecule has 6 heteroatoms. The summed E-state index contributed by atoms with van der Waals surface area (Å²) in [6, 6.07) is 6.57. The summed E-state index contributed by atoms with van der Waals surface area (Å²) < 4.78 is 2.09. The molecule has 0 radical (unpaired) electrons. The Morgan fingerprint density at radius 3 is 2.87 bits per heavy atom. The maximum absolute atomic E-state index is 12.2. The Morgan fingerprint density at radius 1 is 1.48 bits per heavy atom. The number of amides is 1. The molecule has 1 fully saturated rings. The third-order valence-electron chi connectivity index (χ3n) is 4.46. The molecule has 5 nitrogen and oxygen atoms in total. The van der Waals surface area contributed by atoms with Crippen molar-refractivity contribution in [2.24, 2.45) is 0 Å². The number of aromatic nitrogens is 2. The van der Waals surface area contributed by atoms with Crippen molar-refractivity contribution in [2.75, 3.05) is 19.6 Å². The lowest BCUT2D eigenvalue weighted by Gasteiger charge is -2.42. The summed E-state index contributed by atoms with van der Waals surface area (Å²) in [4.78, 5) is 15.8. The highest BCUT2D eigenvalue weighted by molar-refractivity contribution is 7.09. The van der Waals surface area contributed by atoms with E-state index in [1.165, 1.54) is 10.6 Å². The molecule has 3 heterocycles. The number of aryl methyl sites for hydroxylation is 2. The van der Waals surface area contributed by atoms with Crippen molar-refractivity contribution in [3.05, 3.63) is 39.8 Å². The number of thiophene rings is 1. The Balaban J connectivity index is 1.43. The smallest absolute Gasteiger partial charge is 0.237 e. The number of nitrogens with one attached hydrogen (secondary N) is 1. The minimum Gasteiger partial charge on any atom is -0.354 e. The second kappa shape index (κ2) is 6.84. The van der Waals surface area contributed by atoms with Crippen molar-refractivity contribution in [1.82, 2.24) is 20.0 Å². The lowest BCUT2D eigenvalue weighted by Crippen LogP contribution is -2.56. The molecule has 1 unspecified atom stereocenters. The first-order valence-electron chi connectivity index (χ1n) is 8.11. The zero-order valence-electron chi connectivity index (χ0n) is 14.0. The molecular formula is C17H24N4OS. The molecule has 0 saturated carbocycles. The molecule has 2 aromatic heterocycles. The average Bonchev–Trinajstić information content (AvgIpc) is 3.07. The first kappa shape index (κ1) is 16.2. The largest absolute Gasteiger partial charge is 0.354 e. The number of nitrogens with zero attached hydrogens (tertiary/aromatic N) is 3. The van der Waals surface area contributed by atoms with E-state index in [2.05, 4.69) is 44.4 Å². The van der Waals surface area contributed by atoms with Gasteiger partial charge in [-0.05, 0) is 44.7 Å². The van der Waals surface area contributed by atoms with Crippen LogP contribution in [-0.4, -0.2) is 46.3 Å². The van der Waals surface area contributed by atoms with E-state index < -0.39 is 0 Å². The van der Waals surface area contributed by atoms with E-state index in [0.717, 1.165) is 25.2 Å². The van der Waals surface area contributed by atoms with Gasteiger partial charge in [-0.3, -0.25) is 14.4 Å². The number of carbonyl (C=O) groups excluding carboxylic acids is 1. The van der Waals surface area contributed by atoms with Crippen molar-refractivity contribution in [2.45, 2.75) is 39.3 Å². The Morgan fingerprint density at radius 2 is 2.26 bits per heavy atom. The van der Waals surface area contributed by atoms with Crippen LogP contribution < -0.4 is 5.32 Å². The van der Waals surface area contributed by atoms with Crippen LogP contribution in [0.4, 0.5) is 0 Å². The summed E-state index contributed by atoms with van der Waals surface area (Å²) in [6.45, 7) is 8.58. The first-order valence-corrected chi connectivity index (χ1v) is 8.99. The van der Waals surface area contributed by atoms with E-state index >= 15 is 0 Å². The molecule has 0 aliphatic carbocycles. The monoisotopic (exact) mass is 332 g/mol. The first-order chi connectivity index (χ1) is 11.0. The van der Waals surface area contributed by atoms with Crippen LogP contribution in [0.3, 0.4) is 0 Å². The molecule has 1 aliphatic heterocycles. The summed E-state index contributed by atoms with van der Waals surface area (Å²) in [6.07, 6.45) is 0.907. The summed E-state index contributed by atoms with van der Waals surface area (Å²) in [5, 5.41) is 9.65. The molecule has 1 N–H and O–H groups in total. The number of likely N-dealkylation sites (tertiary alicyclic amines) is 1. The van der Waals surface area contributed by atoms with Gasteiger partial charge in [0.2, 0.25) is 5.91 Å². The van der Waals surface area contributed by atoms with Crippen LogP contribution in [0.2, 0.25) is 0 Å². The van der Waals surface area contributed by atoms with E-state index in [4.69, 9.17) is 0 Å². The van der Waals surface area contributed by atoms with Gasteiger partial charge in [0.15, 0.2) is 0 Å². The molecule has 1 atom stereocenters. The van der Waals surface area contributed by atoms with Gasteiger partial charge in [0.05, 0.1) is 17.8 Å². The SMILES string of the molecule is Cc1cc(C)n(C2CN(C(C)C(=O)NCCc3cccs3)C2)n1. The molecule has 1 saturated heterocycles. The second-order valence-corrected chi connectivity index (χ2v) is 7.31. The van der Waals surface area contributed by atoms with E-state index in [9.17, 15) is 4.79 Å². The Bertz CT molecular complexity index is 658. The molecule has 0 bridgehead atoms. The molecule has 0 spiro atoms. The fraction of sp³-hybridized carbons (Fsp3) is 0.529.